The highest BCUT2D eigenvalue weighted by atomic mass is 127. The minimum atomic E-state index is 0. The molecule has 0 radical (unpaired) electrons. The van der Waals surface area contributed by atoms with Crippen LogP contribution in [0.4, 0.5) is 0 Å². The van der Waals surface area contributed by atoms with Gasteiger partial charge in [-0.2, -0.15) is 0 Å². The van der Waals surface area contributed by atoms with Crippen LogP contribution in [-0.4, -0.2) is 75.2 Å². The van der Waals surface area contributed by atoms with Gasteiger partial charge >= 0.3 is 0 Å². The summed E-state index contributed by atoms with van der Waals surface area (Å²) in [5.74, 6) is 1.88. The van der Waals surface area contributed by atoms with E-state index in [4.69, 9.17) is 0 Å². The number of piperidine rings is 2. The van der Waals surface area contributed by atoms with Crippen LogP contribution in [0.3, 0.4) is 0 Å². The van der Waals surface area contributed by atoms with E-state index in [1.54, 1.807) is 0 Å². The van der Waals surface area contributed by atoms with Crippen LogP contribution in [0.25, 0.3) is 0 Å². The molecule has 0 bridgehead atoms. The second-order valence-electron chi connectivity index (χ2n) is 7.21. The van der Waals surface area contributed by atoms with Gasteiger partial charge in [0.25, 0.3) is 0 Å². The molecular formula is C18H38IN5. The number of halogens is 1. The van der Waals surface area contributed by atoms with E-state index in [2.05, 4.69) is 32.3 Å². The summed E-state index contributed by atoms with van der Waals surface area (Å²) in [6.07, 6.45) is 8.06. The molecule has 0 aromatic rings. The molecule has 5 nitrogen and oxygen atoms in total. The maximum absolute atomic E-state index is 4.33. The molecule has 0 spiro atoms. The van der Waals surface area contributed by atoms with Crippen LogP contribution >= 0.6 is 24.0 Å². The lowest BCUT2D eigenvalue weighted by molar-refractivity contribution is 0.191. The number of nitrogens with zero attached hydrogens (tertiary/aromatic N) is 3. The molecule has 2 saturated heterocycles. The molecule has 2 aliphatic heterocycles. The molecule has 2 aliphatic rings. The Hall–Kier alpha value is -0.0800. The predicted molar refractivity (Wildman–Crippen MR) is 115 cm³/mol. The largest absolute Gasteiger partial charge is 0.356 e. The van der Waals surface area contributed by atoms with E-state index in [0.29, 0.717) is 0 Å². The molecule has 0 aromatic heterocycles. The Morgan fingerprint density at radius 2 is 1.54 bits per heavy atom. The topological polar surface area (TPSA) is 42.9 Å². The standard InChI is InChI=1S/C18H37N5.HI/c1-17-7-14-23(15-8-17)13-6-9-20-18(19-2)21-10-16-22-11-4-3-5-12-22;/h17H,3-16H2,1-2H3,(H2,19,20,21);1H. The Kier molecular flexibility index (Phi) is 12.0. The summed E-state index contributed by atoms with van der Waals surface area (Å²) in [4.78, 5) is 9.49. The van der Waals surface area contributed by atoms with Gasteiger partial charge < -0.3 is 20.4 Å². The van der Waals surface area contributed by atoms with Crippen LogP contribution in [-0.2, 0) is 0 Å². The Labute approximate surface area is 166 Å². The zero-order valence-corrected chi connectivity index (χ0v) is 18.1. The normalized spacial score (nSPS) is 21.3. The van der Waals surface area contributed by atoms with Crippen LogP contribution in [0.15, 0.2) is 4.99 Å². The monoisotopic (exact) mass is 451 g/mol. The lowest BCUT2D eigenvalue weighted by Gasteiger charge is -2.30. The number of aliphatic imine (C=N–C) groups is 1. The first-order valence-corrected chi connectivity index (χ1v) is 9.67. The van der Waals surface area contributed by atoms with Crippen molar-refractivity contribution in [2.75, 3.05) is 59.4 Å². The summed E-state index contributed by atoms with van der Waals surface area (Å²) in [5, 5.41) is 6.89. The van der Waals surface area contributed by atoms with Crippen LogP contribution < -0.4 is 10.6 Å². The number of likely N-dealkylation sites (tertiary alicyclic amines) is 2. The summed E-state index contributed by atoms with van der Waals surface area (Å²) in [6, 6.07) is 0. The summed E-state index contributed by atoms with van der Waals surface area (Å²) < 4.78 is 0. The lowest BCUT2D eigenvalue weighted by atomic mass is 9.99. The SMILES string of the molecule is CN=C(NCCCN1CCC(C)CC1)NCCN1CCCCC1.I. The second-order valence-corrected chi connectivity index (χ2v) is 7.21. The highest BCUT2D eigenvalue weighted by molar-refractivity contribution is 14.0. The third kappa shape index (κ3) is 8.85. The zero-order chi connectivity index (χ0) is 16.3. The van der Waals surface area contributed by atoms with Crippen LogP contribution in [0.2, 0.25) is 0 Å². The molecule has 2 rings (SSSR count). The van der Waals surface area contributed by atoms with Gasteiger partial charge in [0.15, 0.2) is 5.96 Å². The molecule has 0 atom stereocenters. The van der Waals surface area contributed by atoms with Gasteiger partial charge in [-0.3, -0.25) is 4.99 Å². The molecule has 0 aliphatic carbocycles. The van der Waals surface area contributed by atoms with Crippen molar-refractivity contribution >= 4 is 29.9 Å². The fraction of sp³-hybridized carbons (Fsp3) is 0.944. The molecule has 0 saturated carbocycles. The van der Waals surface area contributed by atoms with E-state index < -0.39 is 0 Å². The lowest BCUT2D eigenvalue weighted by Crippen LogP contribution is -2.43. The number of rotatable bonds is 7. The van der Waals surface area contributed by atoms with Gasteiger partial charge in [0.1, 0.15) is 0 Å². The number of hydrogen-bond acceptors (Lipinski definition) is 3. The van der Waals surface area contributed by atoms with E-state index in [-0.39, 0.29) is 24.0 Å². The average molecular weight is 451 g/mol. The van der Waals surface area contributed by atoms with Crippen LogP contribution in [0, 0.1) is 5.92 Å². The first-order valence-electron chi connectivity index (χ1n) is 9.67. The van der Waals surface area contributed by atoms with Gasteiger partial charge in [-0.1, -0.05) is 13.3 Å². The Morgan fingerprint density at radius 3 is 2.21 bits per heavy atom. The first kappa shape index (κ1) is 22.0. The first-order chi connectivity index (χ1) is 11.3. The molecule has 2 fully saturated rings. The highest BCUT2D eigenvalue weighted by Gasteiger charge is 2.14. The minimum Gasteiger partial charge on any atom is -0.356 e. The number of guanidine groups is 1. The van der Waals surface area contributed by atoms with Gasteiger partial charge in [0.05, 0.1) is 0 Å². The summed E-state index contributed by atoms with van der Waals surface area (Å²) >= 11 is 0. The molecule has 6 heteroatoms. The fourth-order valence-electron chi connectivity index (χ4n) is 3.53. The smallest absolute Gasteiger partial charge is 0.191 e. The minimum absolute atomic E-state index is 0. The van der Waals surface area contributed by atoms with Crippen molar-refractivity contribution < 1.29 is 0 Å². The molecule has 0 aromatic carbocycles. The fourth-order valence-corrected chi connectivity index (χ4v) is 3.53. The molecule has 142 valence electrons. The summed E-state index contributed by atoms with van der Waals surface area (Å²) in [7, 11) is 1.86. The Morgan fingerprint density at radius 1 is 0.917 bits per heavy atom. The van der Waals surface area contributed by atoms with Gasteiger partial charge in [0, 0.05) is 26.7 Å². The maximum Gasteiger partial charge on any atom is 0.191 e. The van der Waals surface area contributed by atoms with Crippen molar-refractivity contribution in [2.45, 2.75) is 45.4 Å². The van der Waals surface area contributed by atoms with Crippen LogP contribution in [0.5, 0.6) is 0 Å². The molecule has 0 unspecified atom stereocenters. The highest BCUT2D eigenvalue weighted by Crippen LogP contribution is 2.15. The van der Waals surface area contributed by atoms with Crippen LogP contribution in [0.1, 0.15) is 45.4 Å². The molecule has 0 amide bonds. The van der Waals surface area contributed by atoms with Gasteiger partial charge in [-0.15, -0.1) is 24.0 Å². The van der Waals surface area contributed by atoms with Crippen molar-refractivity contribution in [3.63, 3.8) is 0 Å². The predicted octanol–water partition coefficient (Wildman–Crippen LogP) is 2.38. The number of hydrogen-bond donors (Lipinski definition) is 2. The number of nitrogens with one attached hydrogen (secondary N) is 2. The third-order valence-corrected chi connectivity index (χ3v) is 5.21. The quantitative estimate of drug-likeness (QED) is 0.270. The average Bonchev–Trinajstić information content (AvgIpc) is 2.59. The van der Waals surface area contributed by atoms with Crippen molar-refractivity contribution in [3.8, 4) is 0 Å². The summed E-state index contributed by atoms with van der Waals surface area (Å²) in [5.41, 5.74) is 0. The Bertz CT molecular complexity index is 336. The van der Waals surface area contributed by atoms with Gasteiger partial charge in [0.2, 0.25) is 0 Å². The molecule has 2 N–H and O–H groups in total. The summed E-state index contributed by atoms with van der Waals surface area (Å²) in [6.45, 7) is 11.8. The molecule has 2 heterocycles. The van der Waals surface area contributed by atoms with Gasteiger partial charge in [-0.05, 0) is 70.7 Å². The van der Waals surface area contributed by atoms with E-state index in [1.807, 2.05) is 7.05 Å². The van der Waals surface area contributed by atoms with Gasteiger partial charge in [-0.25, -0.2) is 0 Å². The van der Waals surface area contributed by atoms with E-state index in [1.165, 1.54) is 71.2 Å². The van der Waals surface area contributed by atoms with Crippen molar-refractivity contribution in [1.29, 1.82) is 0 Å². The van der Waals surface area contributed by atoms with E-state index >= 15 is 0 Å². The van der Waals surface area contributed by atoms with Crippen molar-refractivity contribution in [3.05, 3.63) is 0 Å². The van der Waals surface area contributed by atoms with E-state index in [9.17, 15) is 0 Å². The van der Waals surface area contributed by atoms with Crippen molar-refractivity contribution in [2.24, 2.45) is 10.9 Å². The second kappa shape index (κ2) is 13.2. The Balaban J connectivity index is 0.00000288. The third-order valence-electron chi connectivity index (χ3n) is 5.21. The maximum atomic E-state index is 4.33. The molecule has 24 heavy (non-hydrogen) atoms. The molecular weight excluding hydrogens is 413 g/mol. The van der Waals surface area contributed by atoms with Crippen molar-refractivity contribution in [1.82, 2.24) is 20.4 Å². The van der Waals surface area contributed by atoms with E-state index in [0.717, 1.165) is 31.5 Å². The zero-order valence-electron chi connectivity index (χ0n) is 15.7.